The highest BCUT2D eigenvalue weighted by Gasteiger charge is 2.34. The number of anilines is 1. The van der Waals surface area contributed by atoms with Crippen molar-refractivity contribution in [1.82, 2.24) is 20.3 Å². The first-order valence-corrected chi connectivity index (χ1v) is 12.2. The fourth-order valence-electron chi connectivity index (χ4n) is 4.47. The van der Waals surface area contributed by atoms with Gasteiger partial charge in [0.05, 0.1) is 5.52 Å². The van der Waals surface area contributed by atoms with Gasteiger partial charge < -0.3 is 5.32 Å². The Labute approximate surface area is 219 Å². The Hall–Kier alpha value is -4.85. The van der Waals surface area contributed by atoms with Crippen LogP contribution in [-0.2, 0) is 22.7 Å². The van der Waals surface area contributed by atoms with E-state index in [1.807, 2.05) is 79.7 Å². The summed E-state index contributed by atoms with van der Waals surface area (Å²) in [6.45, 7) is 1.97. The second-order valence-electron chi connectivity index (χ2n) is 8.94. The van der Waals surface area contributed by atoms with Crippen molar-refractivity contribution in [2.24, 2.45) is 0 Å². The van der Waals surface area contributed by atoms with Crippen LogP contribution in [-0.4, -0.2) is 26.8 Å². The summed E-state index contributed by atoms with van der Waals surface area (Å²) in [7, 11) is 0. The average molecular weight is 508 g/mol. The molecule has 1 heterocycles. The summed E-state index contributed by atoms with van der Waals surface area (Å²) in [5.41, 5.74) is 3.98. The summed E-state index contributed by atoms with van der Waals surface area (Å²) < 4.78 is 15.9. The Morgan fingerprint density at radius 3 is 2.45 bits per heavy atom. The minimum atomic E-state index is -1.05. The van der Waals surface area contributed by atoms with E-state index in [2.05, 4.69) is 15.6 Å². The van der Waals surface area contributed by atoms with Gasteiger partial charge in [-0.3, -0.25) is 14.5 Å². The standard InChI is InChI=1S/C30H26FN5O2/c1-21-10-5-6-15-25(21)29(30(38)32-19-22-11-3-2-4-12-22)36(24-14-9-13-23(31)18-24)28(37)20-35-27-17-8-7-16-26(27)33-34-35/h2-18,29H,19-20H2,1H3,(H,32,38)/t29-/m0/s1. The second kappa shape index (κ2) is 11.0. The quantitative estimate of drug-likeness (QED) is 0.322. The topological polar surface area (TPSA) is 80.1 Å². The number of hydrogen-bond acceptors (Lipinski definition) is 4. The van der Waals surface area contributed by atoms with E-state index in [-0.39, 0.29) is 24.7 Å². The van der Waals surface area contributed by atoms with Gasteiger partial charge in [-0.05, 0) is 53.9 Å². The number of fused-ring (bicyclic) bond motifs is 1. The highest BCUT2D eigenvalue weighted by Crippen LogP contribution is 2.31. The van der Waals surface area contributed by atoms with Crippen molar-refractivity contribution in [1.29, 1.82) is 0 Å². The Kier molecular flexibility index (Phi) is 7.21. The molecule has 1 N–H and O–H groups in total. The van der Waals surface area contributed by atoms with E-state index >= 15 is 0 Å². The van der Waals surface area contributed by atoms with Crippen LogP contribution in [0.4, 0.5) is 10.1 Å². The molecule has 2 amide bonds. The second-order valence-corrected chi connectivity index (χ2v) is 8.94. The van der Waals surface area contributed by atoms with E-state index in [1.165, 1.54) is 27.8 Å². The molecule has 190 valence electrons. The number of para-hydroxylation sites is 1. The molecule has 0 unspecified atom stereocenters. The first kappa shape index (κ1) is 24.8. The van der Waals surface area contributed by atoms with Crippen molar-refractivity contribution in [3.05, 3.63) is 126 Å². The van der Waals surface area contributed by atoms with Crippen molar-refractivity contribution in [2.75, 3.05) is 4.90 Å². The monoisotopic (exact) mass is 507 g/mol. The maximum atomic E-state index is 14.4. The maximum Gasteiger partial charge on any atom is 0.249 e. The van der Waals surface area contributed by atoms with E-state index in [0.717, 1.165) is 11.1 Å². The van der Waals surface area contributed by atoms with Gasteiger partial charge in [0, 0.05) is 12.2 Å². The van der Waals surface area contributed by atoms with E-state index in [4.69, 9.17) is 0 Å². The molecule has 7 nitrogen and oxygen atoms in total. The molecular formula is C30H26FN5O2. The van der Waals surface area contributed by atoms with Crippen LogP contribution in [0.2, 0.25) is 0 Å². The highest BCUT2D eigenvalue weighted by atomic mass is 19.1. The largest absolute Gasteiger partial charge is 0.350 e. The number of carbonyl (C=O) groups is 2. The molecule has 8 heteroatoms. The van der Waals surface area contributed by atoms with Gasteiger partial charge in [0.15, 0.2) is 0 Å². The molecular weight excluding hydrogens is 481 g/mol. The number of amides is 2. The number of aromatic nitrogens is 3. The first-order valence-electron chi connectivity index (χ1n) is 12.2. The molecule has 1 aromatic heterocycles. The van der Waals surface area contributed by atoms with Crippen molar-refractivity contribution < 1.29 is 14.0 Å². The van der Waals surface area contributed by atoms with E-state index < -0.39 is 17.8 Å². The molecule has 0 radical (unpaired) electrons. The molecule has 5 aromatic rings. The number of nitrogens with one attached hydrogen (secondary N) is 1. The fourth-order valence-corrected chi connectivity index (χ4v) is 4.47. The lowest BCUT2D eigenvalue weighted by molar-refractivity contribution is -0.127. The van der Waals surface area contributed by atoms with E-state index in [0.29, 0.717) is 16.6 Å². The van der Waals surface area contributed by atoms with Crippen molar-refractivity contribution in [3.8, 4) is 0 Å². The molecule has 38 heavy (non-hydrogen) atoms. The number of nitrogens with zero attached hydrogens (tertiary/aromatic N) is 4. The minimum Gasteiger partial charge on any atom is -0.350 e. The lowest BCUT2D eigenvalue weighted by Crippen LogP contribution is -2.45. The molecule has 1 atom stereocenters. The van der Waals surface area contributed by atoms with Crippen LogP contribution in [0.5, 0.6) is 0 Å². The molecule has 0 spiro atoms. The smallest absolute Gasteiger partial charge is 0.249 e. The SMILES string of the molecule is Cc1ccccc1[C@@H](C(=O)NCc1ccccc1)N(C(=O)Cn1nnc2ccccc21)c1cccc(F)c1. The molecule has 0 aliphatic carbocycles. The summed E-state index contributed by atoms with van der Waals surface area (Å²) in [6.07, 6.45) is 0. The highest BCUT2D eigenvalue weighted by molar-refractivity contribution is 6.01. The van der Waals surface area contributed by atoms with Crippen LogP contribution >= 0.6 is 0 Å². The maximum absolute atomic E-state index is 14.4. The fraction of sp³-hybridized carbons (Fsp3) is 0.133. The summed E-state index contributed by atoms with van der Waals surface area (Å²) in [5, 5.41) is 11.3. The van der Waals surface area contributed by atoms with E-state index in [1.54, 1.807) is 12.1 Å². The van der Waals surface area contributed by atoms with Crippen LogP contribution < -0.4 is 10.2 Å². The van der Waals surface area contributed by atoms with Crippen LogP contribution in [0.25, 0.3) is 11.0 Å². The number of aryl methyl sites for hydroxylation is 1. The summed E-state index contributed by atoms with van der Waals surface area (Å²) in [6, 6.07) is 28.8. The third-order valence-corrected chi connectivity index (χ3v) is 6.36. The molecule has 0 aliphatic rings. The third kappa shape index (κ3) is 5.29. The van der Waals surface area contributed by atoms with Gasteiger partial charge in [-0.15, -0.1) is 5.10 Å². The Bertz CT molecular complexity index is 1580. The van der Waals surface area contributed by atoms with Crippen LogP contribution in [0.1, 0.15) is 22.7 Å². The molecule has 0 bridgehead atoms. The van der Waals surface area contributed by atoms with Gasteiger partial charge in [0.1, 0.15) is 23.9 Å². The zero-order valence-electron chi connectivity index (χ0n) is 20.8. The first-order chi connectivity index (χ1) is 18.5. The number of carbonyl (C=O) groups excluding carboxylic acids is 2. The van der Waals surface area contributed by atoms with Gasteiger partial charge in [-0.1, -0.05) is 78.0 Å². The summed E-state index contributed by atoms with van der Waals surface area (Å²) >= 11 is 0. The molecule has 0 aliphatic heterocycles. The molecule has 5 rings (SSSR count). The zero-order chi connectivity index (χ0) is 26.5. The third-order valence-electron chi connectivity index (χ3n) is 6.36. The average Bonchev–Trinajstić information content (AvgIpc) is 3.34. The van der Waals surface area contributed by atoms with Gasteiger partial charge in [-0.25, -0.2) is 9.07 Å². The van der Waals surface area contributed by atoms with Crippen molar-refractivity contribution in [2.45, 2.75) is 26.1 Å². The summed E-state index contributed by atoms with van der Waals surface area (Å²) in [4.78, 5) is 29.2. The Morgan fingerprint density at radius 1 is 0.921 bits per heavy atom. The molecule has 0 fully saturated rings. The minimum absolute atomic E-state index is 0.189. The van der Waals surface area contributed by atoms with Gasteiger partial charge >= 0.3 is 0 Å². The summed E-state index contributed by atoms with van der Waals surface area (Å²) in [5.74, 6) is -1.33. The number of halogens is 1. The normalized spacial score (nSPS) is 11.7. The van der Waals surface area contributed by atoms with Gasteiger partial charge in [0.25, 0.3) is 0 Å². The van der Waals surface area contributed by atoms with Gasteiger partial charge in [0.2, 0.25) is 11.8 Å². The van der Waals surface area contributed by atoms with Gasteiger partial charge in [-0.2, -0.15) is 0 Å². The van der Waals surface area contributed by atoms with Crippen LogP contribution in [0.3, 0.4) is 0 Å². The van der Waals surface area contributed by atoms with Crippen LogP contribution in [0.15, 0.2) is 103 Å². The van der Waals surface area contributed by atoms with Crippen molar-refractivity contribution in [3.63, 3.8) is 0 Å². The Balaban J connectivity index is 1.57. The molecule has 4 aromatic carbocycles. The lowest BCUT2D eigenvalue weighted by atomic mass is 9.98. The molecule has 0 saturated carbocycles. The Morgan fingerprint density at radius 2 is 1.66 bits per heavy atom. The predicted octanol–water partition coefficient (Wildman–Crippen LogP) is 4.97. The van der Waals surface area contributed by atoms with Crippen molar-refractivity contribution >= 4 is 28.5 Å². The van der Waals surface area contributed by atoms with E-state index in [9.17, 15) is 14.0 Å². The lowest BCUT2D eigenvalue weighted by Gasteiger charge is -2.32. The zero-order valence-corrected chi connectivity index (χ0v) is 20.8. The molecule has 0 saturated heterocycles. The predicted molar refractivity (Wildman–Crippen MR) is 144 cm³/mol. The van der Waals surface area contributed by atoms with Crippen LogP contribution in [0, 0.1) is 12.7 Å². The number of hydrogen-bond donors (Lipinski definition) is 1. The number of benzene rings is 4. The number of rotatable bonds is 8.